The summed E-state index contributed by atoms with van der Waals surface area (Å²) in [6.07, 6.45) is 1.52. The third-order valence-electron chi connectivity index (χ3n) is 1.17. The summed E-state index contributed by atoms with van der Waals surface area (Å²) in [7, 11) is 1.62. The molecule has 0 aliphatic carbocycles. The van der Waals surface area contributed by atoms with Crippen molar-refractivity contribution in [3.05, 3.63) is 22.4 Å². The number of aromatic nitrogens is 1. The molecule has 0 unspecified atom stereocenters. The molecular weight excluding hydrogens is 134 g/mol. The fourth-order valence-electron chi connectivity index (χ4n) is 0.714. The van der Waals surface area contributed by atoms with Gasteiger partial charge in [0.2, 0.25) is 0 Å². The van der Waals surface area contributed by atoms with Crippen LogP contribution >= 0.6 is 0 Å². The second kappa shape index (κ2) is 2.38. The van der Waals surface area contributed by atoms with Gasteiger partial charge in [-0.25, -0.2) is 0 Å². The maximum atomic E-state index is 10.2. The Bertz CT molecular complexity index is 243. The maximum Gasteiger partial charge on any atom is 0.310 e. The van der Waals surface area contributed by atoms with Crippen LogP contribution in [0.2, 0.25) is 0 Å². The number of anilines is 1. The summed E-state index contributed by atoms with van der Waals surface area (Å²) in [6.45, 7) is 0. The number of hydrogen-bond donors (Lipinski definition) is 2. The Morgan fingerprint density at radius 1 is 1.80 bits per heavy atom. The second-order valence-corrected chi connectivity index (χ2v) is 1.75. The molecule has 0 fully saturated rings. The summed E-state index contributed by atoms with van der Waals surface area (Å²) in [6, 6.07) is 1.41. The summed E-state index contributed by atoms with van der Waals surface area (Å²) in [5.74, 6) is 0.435. The molecular formula is C5H7N3O2. The van der Waals surface area contributed by atoms with Crippen LogP contribution in [0.1, 0.15) is 0 Å². The van der Waals surface area contributed by atoms with Gasteiger partial charge >= 0.3 is 5.69 Å². The predicted molar refractivity (Wildman–Crippen MR) is 37.0 cm³/mol. The average Bonchev–Trinajstić information content (AvgIpc) is 2.33. The quantitative estimate of drug-likeness (QED) is 0.476. The SMILES string of the molecule is CNc1[nH]ccc1[N+](=O)[O-]. The van der Waals surface area contributed by atoms with Gasteiger partial charge in [-0.2, -0.15) is 0 Å². The van der Waals surface area contributed by atoms with Gasteiger partial charge in [0, 0.05) is 19.3 Å². The Balaban J connectivity index is 3.01. The van der Waals surface area contributed by atoms with E-state index in [9.17, 15) is 10.1 Å². The highest BCUT2D eigenvalue weighted by Crippen LogP contribution is 2.20. The van der Waals surface area contributed by atoms with Crippen LogP contribution in [-0.2, 0) is 0 Å². The van der Waals surface area contributed by atoms with Crippen LogP contribution in [0.5, 0.6) is 0 Å². The first-order valence-corrected chi connectivity index (χ1v) is 2.75. The van der Waals surface area contributed by atoms with Crippen molar-refractivity contribution in [3.63, 3.8) is 0 Å². The molecule has 5 heteroatoms. The summed E-state index contributed by atoms with van der Waals surface area (Å²) in [5.41, 5.74) is 0.0718. The number of aromatic amines is 1. The van der Waals surface area contributed by atoms with Crippen molar-refractivity contribution in [2.45, 2.75) is 0 Å². The molecule has 0 amide bonds. The van der Waals surface area contributed by atoms with E-state index < -0.39 is 4.92 Å². The van der Waals surface area contributed by atoms with E-state index in [1.54, 1.807) is 7.05 Å². The molecule has 1 aromatic rings. The molecule has 1 heterocycles. The molecule has 0 saturated heterocycles. The third kappa shape index (κ3) is 0.928. The molecule has 0 aromatic carbocycles. The molecule has 0 bridgehead atoms. The van der Waals surface area contributed by atoms with Gasteiger partial charge in [-0.15, -0.1) is 0 Å². The van der Waals surface area contributed by atoms with Gasteiger partial charge in [0.25, 0.3) is 0 Å². The van der Waals surface area contributed by atoms with Crippen molar-refractivity contribution in [2.24, 2.45) is 0 Å². The smallest absolute Gasteiger partial charge is 0.310 e. The summed E-state index contributed by atoms with van der Waals surface area (Å²) in [5, 5.41) is 12.8. The number of nitrogens with zero attached hydrogens (tertiary/aromatic N) is 1. The topological polar surface area (TPSA) is 71.0 Å². The molecule has 5 nitrogen and oxygen atoms in total. The predicted octanol–water partition coefficient (Wildman–Crippen LogP) is 0.965. The Hall–Kier alpha value is -1.52. The van der Waals surface area contributed by atoms with Crippen LogP contribution in [-0.4, -0.2) is 17.0 Å². The van der Waals surface area contributed by atoms with Crippen LogP contribution < -0.4 is 5.32 Å². The van der Waals surface area contributed by atoms with E-state index >= 15 is 0 Å². The molecule has 0 atom stereocenters. The van der Waals surface area contributed by atoms with Crippen molar-refractivity contribution in [1.29, 1.82) is 0 Å². The van der Waals surface area contributed by atoms with E-state index in [1.165, 1.54) is 12.3 Å². The lowest BCUT2D eigenvalue weighted by Crippen LogP contribution is -1.93. The first-order chi connectivity index (χ1) is 4.75. The van der Waals surface area contributed by atoms with Gasteiger partial charge in [-0.3, -0.25) is 10.1 Å². The molecule has 10 heavy (non-hydrogen) atoms. The monoisotopic (exact) mass is 141 g/mol. The highest BCUT2D eigenvalue weighted by Gasteiger charge is 2.11. The van der Waals surface area contributed by atoms with Crippen LogP contribution in [0.15, 0.2) is 12.3 Å². The zero-order valence-electron chi connectivity index (χ0n) is 5.42. The van der Waals surface area contributed by atoms with E-state index in [2.05, 4.69) is 10.3 Å². The molecule has 0 radical (unpaired) electrons. The minimum atomic E-state index is -0.442. The molecule has 0 spiro atoms. The zero-order valence-corrected chi connectivity index (χ0v) is 5.42. The van der Waals surface area contributed by atoms with Crippen molar-refractivity contribution in [3.8, 4) is 0 Å². The average molecular weight is 141 g/mol. The fraction of sp³-hybridized carbons (Fsp3) is 0.200. The fourth-order valence-corrected chi connectivity index (χ4v) is 0.714. The Morgan fingerprint density at radius 3 is 2.90 bits per heavy atom. The van der Waals surface area contributed by atoms with Gasteiger partial charge in [0.05, 0.1) is 4.92 Å². The van der Waals surface area contributed by atoms with Crippen LogP contribution in [0.25, 0.3) is 0 Å². The Labute approximate surface area is 57.2 Å². The highest BCUT2D eigenvalue weighted by atomic mass is 16.6. The number of rotatable bonds is 2. The molecule has 0 aliphatic rings. The van der Waals surface area contributed by atoms with Gasteiger partial charge < -0.3 is 10.3 Å². The van der Waals surface area contributed by atoms with Crippen LogP contribution in [0.4, 0.5) is 11.5 Å². The first kappa shape index (κ1) is 6.60. The van der Waals surface area contributed by atoms with E-state index in [0.717, 1.165) is 0 Å². The Kier molecular flexibility index (Phi) is 1.57. The van der Waals surface area contributed by atoms with Gasteiger partial charge in [0.15, 0.2) is 5.82 Å². The van der Waals surface area contributed by atoms with Gasteiger partial charge in [0.1, 0.15) is 0 Å². The van der Waals surface area contributed by atoms with Gasteiger partial charge in [-0.1, -0.05) is 0 Å². The van der Waals surface area contributed by atoms with Crippen molar-refractivity contribution in [2.75, 3.05) is 12.4 Å². The van der Waals surface area contributed by atoms with E-state index in [0.29, 0.717) is 5.82 Å². The van der Waals surface area contributed by atoms with E-state index in [1.807, 2.05) is 0 Å². The standard InChI is InChI=1S/C5H7N3O2/c1-6-5-4(8(9)10)2-3-7-5/h2-3,6-7H,1H3. The lowest BCUT2D eigenvalue weighted by molar-refractivity contribution is -0.383. The Morgan fingerprint density at radius 2 is 2.50 bits per heavy atom. The number of hydrogen-bond acceptors (Lipinski definition) is 3. The first-order valence-electron chi connectivity index (χ1n) is 2.75. The molecule has 0 aliphatic heterocycles. The van der Waals surface area contributed by atoms with Crippen molar-refractivity contribution >= 4 is 11.5 Å². The highest BCUT2D eigenvalue weighted by molar-refractivity contribution is 5.55. The number of nitro groups is 1. The summed E-state index contributed by atoms with van der Waals surface area (Å²) in [4.78, 5) is 12.4. The lowest BCUT2D eigenvalue weighted by atomic mass is 10.5. The van der Waals surface area contributed by atoms with Crippen LogP contribution in [0, 0.1) is 10.1 Å². The maximum absolute atomic E-state index is 10.2. The molecule has 1 aromatic heterocycles. The summed E-state index contributed by atoms with van der Waals surface area (Å²) < 4.78 is 0. The van der Waals surface area contributed by atoms with E-state index in [4.69, 9.17) is 0 Å². The molecule has 1 rings (SSSR count). The summed E-state index contributed by atoms with van der Waals surface area (Å²) >= 11 is 0. The molecule has 2 N–H and O–H groups in total. The largest absolute Gasteiger partial charge is 0.369 e. The molecule has 0 saturated carbocycles. The number of H-pyrrole nitrogens is 1. The van der Waals surface area contributed by atoms with Crippen molar-refractivity contribution in [1.82, 2.24) is 4.98 Å². The van der Waals surface area contributed by atoms with E-state index in [-0.39, 0.29) is 5.69 Å². The molecule has 54 valence electrons. The minimum Gasteiger partial charge on any atom is -0.369 e. The third-order valence-corrected chi connectivity index (χ3v) is 1.17. The van der Waals surface area contributed by atoms with Crippen LogP contribution in [0.3, 0.4) is 0 Å². The second-order valence-electron chi connectivity index (χ2n) is 1.75. The van der Waals surface area contributed by atoms with Crippen molar-refractivity contribution < 1.29 is 4.92 Å². The van der Waals surface area contributed by atoms with Gasteiger partial charge in [-0.05, 0) is 0 Å². The minimum absolute atomic E-state index is 0.0718. The normalized spacial score (nSPS) is 9.30. The number of nitrogens with one attached hydrogen (secondary N) is 2. The zero-order chi connectivity index (χ0) is 7.56. The lowest BCUT2D eigenvalue weighted by Gasteiger charge is -1.92.